The number of nitrogens with zero attached hydrogens (tertiary/aromatic N) is 1. The van der Waals surface area contributed by atoms with Crippen LogP contribution in [-0.4, -0.2) is 29.0 Å². The quantitative estimate of drug-likeness (QED) is 0.634. The number of likely N-dealkylation sites (N-methyl/N-ethyl adjacent to an activating group) is 1. The molecule has 0 heterocycles. The zero-order chi connectivity index (χ0) is 9.35. The van der Waals surface area contributed by atoms with Gasteiger partial charge in [0.25, 0.3) is 0 Å². The molecule has 0 aromatic carbocycles. The van der Waals surface area contributed by atoms with Crippen LogP contribution in [0, 0.1) is 5.41 Å². The molecule has 1 rings (SSSR count). The molecule has 0 saturated heterocycles. The van der Waals surface area contributed by atoms with Gasteiger partial charge in [-0.2, -0.15) is 0 Å². The number of aliphatic hydroxyl groups excluding tert-OH is 1. The van der Waals surface area contributed by atoms with E-state index < -0.39 is 0 Å². The van der Waals surface area contributed by atoms with E-state index in [1.54, 1.807) is 0 Å². The molecule has 3 atom stereocenters. The predicted octanol–water partition coefficient (Wildman–Crippen LogP) is 1.65. The van der Waals surface area contributed by atoms with Crippen LogP contribution in [0.2, 0.25) is 0 Å². The first kappa shape index (κ1) is 10.4. The van der Waals surface area contributed by atoms with Gasteiger partial charge in [0.15, 0.2) is 0 Å². The Balaban J connectivity index is 2.54. The van der Waals surface area contributed by atoms with Crippen molar-refractivity contribution >= 4 is 9.39 Å². The molecule has 1 N–H and O–H groups in total. The maximum Gasteiger partial charge on any atom is 0.0703 e. The summed E-state index contributed by atoms with van der Waals surface area (Å²) in [4.78, 5) is 0. The molecule has 2 nitrogen and oxygen atoms in total. The second-order valence-corrected chi connectivity index (χ2v) is 5.52. The van der Waals surface area contributed by atoms with E-state index in [1.807, 2.05) is 7.05 Å². The molecule has 0 amide bonds. The van der Waals surface area contributed by atoms with Crippen LogP contribution in [0.25, 0.3) is 0 Å². The van der Waals surface area contributed by atoms with Crippen molar-refractivity contribution < 1.29 is 5.11 Å². The van der Waals surface area contributed by atoms with E-state index in [4.69, 9.17) is 0 Å². The topological polar surface area (TPSA) is 23.5 Å². The first-order chi connectivity index (χ1) is 5.42. The zero-order valence-corrected chi connectivity index (χ0v) is 9.40. The Morgan fingerprint density at radius 2 is 2.08 bits per heavy atom. The summed E-state index contributed by atoms with van der Waals surface area (Å²) in [6.45, 7) is 4.46. The Morgan fingerprint density at radius 1 is 1.50 bits per heavy atom. The molecule has 0 bridgehead atoms. The number of rotatable bonds is 1. The maximum atomic E-state index is 9.82. The highest BCUT2D eigenvalue weighted by Gasteiger charge is 2.34. The van der Waals surface area contributed by atoms with Crippen LogP contribution in [0.1, 0.15) is 33.1 Å². The molecule has 1 fully saturated rings. The average Bonchev–Trinajstić information content (AvgIpc) is 1.83. The second-order valence-electron chi connectivity index (χ2n) is 4.71. The van der Waals surface area contributed by atoms with Crippen LogP contribution < -0.4 is 0 Å². The minimum Gasteiger partial charge on any atom is -0.391 e. The van der Waals surface area contributed by atoms with E-state index >= 15 is 0 Å². The lowest BCUT2D eigenvalue weighted by Crippen LogP contribution is -2.43. The monoisotopic (exact) mass is 189 g/mol. The standard InChI is InChI=1S/C9H20NOP/c1-9(2)5-4-7(10(3)12)8(11)6-9/h7-8,11H,4-6,12H2,1-3H3. The van der Waals surface area contributed by atoms with E-state index in [9.17, 15) is 5.11 Å². The van der Waals surface area contributed by atoms with Crippen molar-refractivity contribution in [1.29, 1.82) is 0 Å². The van der Waals surface area contributed by atoms with Gasteiger partial charge < -0.3 is 5.11 Å². The van der Waals surface area contributed by atoms with Gasteiger partial charge in [-0.05, 0) is 31.7 Å². The number of aliphatic hydroxyl groups is 1. The fourth-order valence-electron chi connectivity index (χ4n) is 2.01. The second kappa shape index (κ2) is 3.61. The Hall–Kier alpha value is 0.350. The van der Waals surface area contributed by atoms with E-state index in [1.165, 1.54) is 6.42 Å². The molecular weight excluding hydrogens is 169 g/mol. The normalized spacial score (nSPS) is 35.5. The predicted molar refractivity (Wildman–Crippen MR) is 54.9 cm³/mol. The van der Waals surface area contributed by atoms with E-state index in [-0.39, 0.29) is 6.10 Å². The van der Waals surface area contributed by atoms with Crippen LogP contribution in [0.3, 0.4) is 0 Å². The molecule has 0 aromatic heterocycles. The summed E-state index contributed by atoms with van der Waals surface area (Å²) in [5, 5.41) is 9.82. The van der Waals surface area contributed by atoms with Crippen molar-refractivity contribution in [1.82, 2.24) is 4.67 Å². The van der Waals surface area contributed by atoms with E-state index in [0.717, 1.165) is 12.8 Å². The molecule has 1 aliphatic rings. The lowest BCUT2D eigenvalue weighted by Gasteiger charge is -2.40. The van der Waals surface area contributed by atoms with Crippen LogP contribution >= 0.6 is 9.39 Å². The van der Waals surface area contributed by atoms with Gasteiger partial charge in [0, 0.05) is 6.04 Å². The minimum atomic E-state index is -0.156. The summed E-state index contributed by atoms with van der Waals surface area (Å²) >= 11 is 0. The highest BCUT2D eigenvalue weighted by molar-refractivity contribution is 7.13. The summed E-state index contributed by atoms with van der Waals surface area (Å²) in [6.07, 6.45) is 3.09. The van der Waals surface area contributed by atoms with Crippen LogP contribution in [0.15, 0.2) is 0 Å². The fourth-order valence-corrected chi connectivity index (χ4v) is 2.36. The van der Waals surface area contributed by atoms with Crippen LogP contribution in [0.4, 0.5) is 0 Å². The molecule has 12 heavy (non-hydrogen) atoms. The van der Waals surface area contributed by atoms with Crippen molar-refractivity contribution in [3.05, 3.63) is 0 Å². The van der Waals surface area contributed by atoms with Gasteiger partial charge in [0.1, 0.15) is 0 Å². The van der Waals surface area contributed by atoms with Crippen molar-refractivity contribution in [2.45, 2.75) is 45.3 Å². The first-order valence-electron chi connectivity index (χ1n) is 4.58. The summed E-state index contributed by atoms with van der Waals surface area (Å²) in [5.41, 5.74) is 0.330. The highest BCUT2D eigenvalue weighted by Crippen LogP contribution is 2.37. The smallest absolute Gasteiger partial charge is 0.0703 e. The Morgan fingerprint density at radius 3 is 2.50 bits per heavy atom. The third-order valence-electron chi connectivity index (χ3n) is 2.85. The van der Waals surface area contributed by atoms with Crippen LogP contribution in [0.5, 0.6) is 0 Å². The third kappa shape index (κ3) is 2.42. The van der Waals surface area contributed by atoms with Gasteiger partial charge in [-0.15, -0.1) is 0 Å². The molecule has 0 radical (unpaired) electrons. The van der Waals surface area contributed by atoms with Gasteiger partial charge in [0.2, 0.25) is 0 Å². The molecular formula is C9H20NOP. The maximum absolute atomic E-state index is 9.82. The van der Waals surface area contributed by atoms with Gasteiger partial charge in [-0.1, -0.05) is 23.2 Å². The van der Waals surface area contributed by atoms with Crippen molar-refractivity contribution in [2.24, 2.45) is 5.41 Å². The van der Waals surface area contributed by atoms with Crippen molar-refractivity contribution in [3.8, 4) is 0 Å². The van der Waals surface area contributed by atoms with Crippen molar-refractivity contribution in [2.75, 3.05) is 7.05 Å². The molecule has 3 heteroatoms. The minimum absolute atomic E-state index is 0.156. The van der Waals surface area contributed by atoms with E-state index in [0.29, 0.717) is 11.5 Å². The van der Waals surface area contributed by atoms with Gasteiger partial charge in [0.05, 0.1) is 6.10 Å². The van der Waals surface area contributed by atoms with Crippen molar-refractivity contribution in [3.63, 3.8) is 0 Å². The number of hydrogen-bond donors (Lipinski definition) is 1. The summed E-state index contributed by atoms with van der Waals surface area (Å²) < 4.78 is 2.06. The molecule has 0 aliphatic heterocycles. The Labute approximate surface area is 77.6 Å². The molecule has 0 aromatic rings. The number of hydrogen-bond acceptors (Lipinski definition) is 2. The summed E-state index contributed by atoms with van der Waals surface area (Å²) in [5.74, 6) is 0. The molecule has 72 valence electrons. The lowest BCUT2D eigenvalue weighted by atomic mass is 9.74. The first-order valence-corrected chi connectivity index (χ1v) is 5.10. The van der Waals surface area contributed by atoms with Gasteiger partial charge in [-0.3, -0.25) is 4.67 Å². The highest BCUT2D eigenvalue weighted by atomic mass is 31.0. The Kier molecular flexibility index (Phi) is 3.14. The largest absolute Gasteiger partial charge is 0.391 e. The average molecular weight is 189 g/mol. The Bertz CT molecular complexity index is 159. The van der Waals surface area contributed by atoms with E-state index in [2.05, 4.69) is 27.9 Å². The summed E-state index contributed by atoms with van der Waals surface area (Å²) in [6, 6.07) is 0.336. The fraction of sp³-hybridized carbons (Fsp3) is 1.00. The molecule has 3 unspecified atom stereocenters. The van der Waals surface area contributed by atoms with Crippen LogP contribution in [-0.2, 0) is 0 Å². The van der Waals surface area contributed by atoms with Gasteiger partial charge in [-0.25, -0.2) is 0 Å². The molecule has 0 spiro atoms. The molecule has 1 aliphatic carbocycles. The SMILES string of the molecule is CN(P)C1CCC(C)(C)CC1O. The summed E-state index contributed by atoms with van der Waals surface area (Å²) in [7, 11) is 4.65. The zero-order valence-electron chi connectivity index (χ0n) is 8.25. The lowest BCUT2D eigenvalue weighted by molar-refractivity contribution is 0.0162. The van der Waals surface area contributed by atoms with Gasteiger partial charge >= 0.3 is 0 Å². The molecule has 1 saturated carbocycles. The third-order valence-corrected chi connectivity index (χ3v) is 3.23.